The maximum absolute atomic E-state index is 12.0. The lowest BCUT2D eigenvalue weighted by atomic mass is 9.80. The zero-order chi connectivity index (χ0) is 13.9. The third-order valence-corrected chi connectivity index (χ3v) is 4.85. The molecule has 0 bridgehead atoms. The van der Waals surface area contributed by atoms with E-state index in [2.05, 4.69) is 28.8 Å². The molecule has 1 fully saturated rings. The molecule has 108 valence electrons. The van der Waals surface area contributed by atoms with E-state index in [0.717, 1.165) is 18.5 Å². The number of hydrogen-bond acceptors (Lipinski definition) is 2. The number of amides is 1. The first-order chi connectivity index (χ1) is 9.79. The molecule has 3 nitrogen and oxygen atoms in total. The van der Waals surface area contributed by atoms with Crippen molar-refractivity contribution < 1.29 is 4.79 Å². The molecule has 1 aromatic carbocycles. The maximum atomic E-state index is 12.0. The second kappa shape index (κ2) is 5.96. The lowest BCUT2D eigenvalue weighted by molar-refractivity contribution is 0.0945. The van der Waals surface area contributed by atoms with Gasteiger partial charge in [0.05, 0.1) is 0 Å². The highest BCUT2D eigenvalue weighted by atomic mass is 16.1. The molecule has 1 aromatic rings. The van der Waals surface area contributed by atoms with Crippen molar-refractivity contribution in [3.63, 3.8) is 0 Å². The zero-order valence-corrected chi connectivity index (χ0v) is 12.2. The van der Waals surface area contributed by atoms with Crippen LogP contribution < -0.4 is 10.6 Å². The number of carbonyl (C=O) groups excluding carboxylic acids is 1. The Balaban J connectivity index is 1.88. The summed E-state index contributed by atoms with van der Waals surface area (Å²) in [5, 5.41) is 6.42. The van der Waals surface area contributed by atoms with Crippen LogP contribution in [-0.2, 0) is 6.42 Å². The van der Waals surface area contributed by atoms with Crippen molar-refractivity contribution in [2.75, 3.05) is 13.6 Å². The molecule has 1 heterocycles. The molecule has 1 atom stereocenters. The Morgan fingerprint density at radius 1 is 1.25 bits per heavy atom. The fourth-order valence-corrected chi connectivity index (χ4v) is 3.76. The Morgan fingerprint density at radius 3 is 2.80 bits per heavy atom. The summed E-state index contributed by atoms with van der Waals surface area (Å²) in [5.41, 5.74) is 3.34. The first kappa shape index (κ1) is 13.6. The highest BCUT2D eigenvalue weighted by Gasteiger charge is 2.25. The van der Waals surface area contributed by atoms with Crippen molar-refractivity contribution in [1.82, 2.24) is 10.6 Å². The monoisotopic (exact) mass is 272 g/mol. The van der Waals surface area contributed by atoms with Gasteiger partial charge in [-0.25, -0.2) is 0 Å². The first-order valence-electron chi connectivity index (χ1n) is 7.88. The lowest BCUT2D eigenvalue weighted by Crippen LogP contribution is -2.33. The molecule has 20 heavy (non-hydrogen) atoms. The number of nitrogens with one attached hydrogen (secondary N) is 2. The third kappa shape index (κ3) is 2.59. The summed E-state index contributed by atoms with van der Waals surface area (Å²) in [6, 6.07) is 6.86. The van der Waals surface area contributed by atoms with Crippen molar-refractivity contribution in [1.29, 1.82) is 0 Å². The minimum atomic E-state index is 0.0894. The topological polar surface area (TPSA) is 41.1 Å². The Morgan fingerprint density at radius 2 is 2.05 bits per heavy atom. The molecule has 2 N–H and O–H groups in total. The van der Waals surface area contributed by atoms with E-state index in [-0.39, 0.29) is 5.91 Å². The van der Waals surface area contributed by atoms with Gasteiger partial charge < -0.3 is 10.6 Å². The van der Waals surface area contributed by atoms with Gasteiger partial charge >= 0.3 is 0 Å². The molecule has 0 radical (unpaired) electrons. The number of rotatable bonds is 3. The van der Waals surface area contributed by atoms with Crippen LogP contribution in [0.25, 0.3) is 0 Å². The number of fused-ring (bicyclic) bond motifs is 1. The van der Waals surface area contributed by atoms with Crippen LogP contribution in [0, 0.1) is 5.92 Å². The van der Waals surface area contributed by atoms with Gasteiger partial charge in [-0.05, 0) is 49.4 Å². The van der Waals surface area contributed by atoms with Gasteiger partial charge in [0.15, 0.2) is 0 Å². The molecule has 1 aliphatic carbocycles. The quantitative estimate of drug-likeness (QED) is 0.888. The molecular weight excluding hydrogens is 248 g/mol. The van der Waals surface area contributed by atoms with Gasteiger partial charge in [0.1, 0.15) is 0 Å². The summed E-state index contributed by atoms with van der Waals surface area (Å²) in [5.74, 6) is 0.796. The Hall–Kier alpha value is -1.35. The van der Waals surface area contributed by atoms with Gasteiger partial charge in [0, 0.05) is 18.2 Å². The van der Waals surface area contributed by atoms with Crippen LogP contribution >= 0.6 is 0 Å². The van der Waals surface area contributed by atoms with E-state index in [0.29, 0.717) is 12.0 Å². The number of benzene rings is 1. The van der Waals surface area contributed by atoms with E-state index in [1.54, 1.807) is 0 Å². The van der Waals surface area contributed by atoms with E-state index >= 15 is 0 Å². The molecule has 0 aromatic heterocycles. The molecule has 3 rings (SSSR count). The lowest BCUT2D eigenvalue weighted by Gasteiger charge is -2.31. The number of hydrogen-bond donors (Lipinski definition) is 2. The highest BCUT2D eigenvalue weighted by Crippen LogP contribution is 2.35. The van der Waals surface area contributed by atoms with Gasteiger partial charge in [0.25, 0.3) is 5.91 Å². The minimum Gasteiger partial charge on any atom is -0.352 e. The summed E-state index contributed by atoms with van der Waals surface area (Å²) < 4.78 is 0. The molecule has 0 saturated heterocycles. The summed E-state index contributed by atoms with van der Waals surface area (Å²) in [6.45, 7) is 0.767. The summed E-state index contributed by atoms with van der Waals surface area (Å²) >= 11 is 0. The summed E-state index contributed by atoms with van der Waals surface area (Å²) in [4.78, 5) is 12.0. The first-order valence-corrected chi connectivity index (χ1v) is 7.88. The van der Waals surface area contributed by atoms with Gasteiger partial charge in [-0.2, -0.15) is 0 Å². The Bertz CT molecular complexity index is 492. The SMILES string of the molecule is CNC(c1ccc2c(c1)C(=O)NCC2)C1CCCCC1. The van der Waals surface area contributed by atoms with Crippen LogP contribution in [0.3, 0.4) is 0 Å². The molecule has 1 aliphatic heterocycles. The highest BCUT2D eigenvalue weighted by molar-refractivity contribution is 5.96. The van der Waals surface area contributed by atoms with Crippen molar-refractivity contribution in [2.24, 2.45) is 5.92 Å². The van der Waals surface area contributed by atoms with Crippen LogP contribution in [0.2, 0.25) is 0 Å². The van der Waals surface area contributed by atoms with Crippen LogP contribution in [0.5, 0.6) is 0 Å². The molecule has 1 saturated carbocycles. The normalized spacial score (nSPS) is 21.1. The van der Waals surface area contributed by atoms with Crippen molar-refractivity contribution >= 4 is 5.91 Å². The van der Waals surface area contributed by atoms with E-state index in [1.165, 1.54) is 43.2 Å². The minimum absolute atomic E-state index is 0.0894. The van der Waals surface area contributed by atoms with Gasteiger partial charge in [0.2, 0.25) is 0 Å². The largest absolute Gasteiger partial charge is 0.352 e. The standard InChI is InChI=1S/C17H24N2O/c1-18-16(13-5-3-2-4-6-13)14-8-7-12-9-10-19-17(20)15(12)11-14/h7-8,11,13,16,18H,2-6,9-10H2,1H3,(H,19,20). The average molecular weight is 272 g/mol. The van der Waals surface area contributed by atoms with E-state index in [1.807, 2.05) is 7.05 Å². The predicted molar refractivity (Wildman–Crippen MR) is 80.9 cm³/mol. The second-order valence-corrected chi connectivity index (χ2v) is 6.09. The van der Waals surface area contributed by atoms with Crippen LogP contribution in [-0.4, -0.2) is 19.5 Å². The smallest absolute Gasteiger partial charge is 0.251 e. The van der Waals surface area contributed by atoms with Crippen molar-refractivity contribution in [3.05, 3.63) is 34.9 Å². The Kier molecular flexibility index (Phi) is 4.06. The summed E-state index contributed by atoms with van der Waals surface area (Å²) in [6.07, 6.45) is 7.61. The molecule has 1 amide bonds. The van der Waals surface area contributed by atoms with Gasteiger partial charge in [-0.3, -0.25) is 4.79 Å². The molecular formula is C17H24N2O. The fourth-order valence-electron chi connectivity index (χ4n) is 3.76. The molecule has 1 unspecified atom stereocenters. The van der Waals surface area contributed by atoms with Crippen molar-refractivity contribution in [2.45, 2.75) is 44.6 Å². The summed E-state index contributed by atoms with van der Waals surface area (Å²) in [7, 11) is 2.04. The second-order valence-electron chi connectivity index (χ2n) is 6.09. The zero-order valence-electron chi connectivity index (χ0n) is 12.2. The van der Waals surface area contributed by atoms with Gasteiger partial charge in [-0.15, -0.1) is 0 Å². The fraction of sp³-hybridized carbons (Fsp3) is 0.588. The van der Waals surface area contributed by atoms with Crippen LogP contribution in [0.1, 0.15) is 59.6 Å². The van der Waals surface area contributed by atoms with Crippen molar-refractivity contribution in [3.8, 4) is 0 Å². The molecule has 0 spiro atoms. The predicted octanol–water partition coefficient (Wildman–Crippen LogP) is 2.81. The molecule has 3 heteroatoms. The number of carbonyl (C=O) groups is 1. The van der Waals surface area contributed by atoms with E-state index in [9.17, 15) is 4.79 Å². The Labute approximate surface area is 121 Å². The third-order valence-electron chi connectivity index (χ3n) is 4.85. The van der Waals surface area contributed by atoms with Crippen LogP contribution in [0.15, 0.2) is 18.2 Å². The van der Waals surface area contributed by atoms with Gasteiger partial charge in [-0.1, -0.05) is 31.4 Å². The average Bonchev–Trinajstić information content (AvgIpc) is 2.50. The van der Waals surface area contributed by atoms with E-state index < -0.39 is 0 Å². The maximum Gasteiger partial charge on any atom is 0.251 e. The van der Waals surface area contributed by atoms with Crippen LogP contribution in [0.4, 0.5) is 0 Å². The molecule has 2 aliphatic rings. The van der Waals surface area contributed by atoms with E-state index in [4.69, 9.17) is 0 Å².